The number of carboxylic acid groups (broad SMARTS) is 1. The fourth-order valence-electron chi connectivity index (χ4n) is 8.95. The van der Waals surface area contributed by atoms with E-state index in [9.17, 15) is 24.6 Å². The van der Waals surface area contributed by atoms with Gasteiger partial charge in [0.25, 0.3) is 0 Å². The monoisotopic (exact) mass is 500 g/mol. The number of ketones is 2. The van der Waals surface area contributed by atoms with Gasteiger partial charge in [-0.25, -0.2) is 4.79 Å². The van der Waals surface area contributed by atoms with E-state index in [0.29, 0.717) is 48.8 Å². The Morgan fingerprint density at radius 2 is 1.78 bits per heavy atom. The first kappa shape index (κ1) is 27.3. The van der Waals surface area contributed by atoms with Gasteiger partial charge in [0, 0.05) is 24.0 Å². The number of Topliss-reactive ketones (excluding diaryl/α,β-unsaturated/α-hetero) is 2. The molecule has 6 heteroatoms. The predicted molar refractivity (Wildman–Crippen MR) is 137 cm³/mol. The molecule has 3 N–H and O–H groups in total. The summed E-state index contributed by atoms with van der Waals surface area (Å²) in [6.07, 6.45) is 4.10. The molecule has 8 unspecified atom stereocenters. The summed E-state index contributed by atoms with van der Waals surface area (Å²) >= 11 is 0. The maximum absolute atomic E-state index is 14.1. The summed E-state index contributed by atoms with van der Waals surface area (Å²) in [5.74, 6) is -0.704. The highest BCUT2D eigenvalue weighted by molar-refractivity contribution is 6.05. The van der Waals surface area contributed by atoms with Gasteiger partial charge in [-0.2, -0.15) is 0 Å². The number of aliphatic carboxylic acids is 1. The third-order valence-electron chi connectivity index (χ3n) is 11.5. The molecule has 0 aromatic heterocycles. The second-order valence-corrected chi connectivity index (χ2v) is 13.5. The molecule has 200 valence electrons. The SMILES string of the molecule is C/C(=C\CCC(C)C1CC(=O)C2(C)C3=C(C(=O)CC12C)C1(C)CCC(O)C(C)(C)C1CC3O)C(=O)O. The first-order valence-corrected chi connectivity index (χ1v) is 13.6. The Kier molecular flexibility index (Phi) is 6.53. The number of aliphatic hydroxyl groups excluding tert-OH is 2. The zero-order valence-corrected chi connectivity index (χ0v) is 23.0. The highest BCUT2D eigenvalue weighted by Crippen LogP contribution is 2.70. The predicted octanol–water partition coefficient (Wildman–Crippen LogP) is 4.87. The molecule has 2 saturated carbocycles. The van der Waals surface area contributed by atoms with E-state index in [1.165, 1.54) is 0 Å². The van der Waals surface area contributed by atoms with E-state index in [-0.39, 0.29) is 35.7 Å². The number of carbonyl (C=O) groups is 3. The molecule has 4 rings (SSSR count). The van der Waals surface area contributed by atoms with E-state index in [4.69, 9.17) is 5.11 Å². The average molecular weight is 501 g/mol. The Labute approximate surface area is 215 Å². The number of carboxylic acids is 1. The van der Waals surface area contributed by atoms with Crippen molar-refractivity contribution in [1.82, 2.24) is 0 Å². The van der Waals surface area contributed by atoms with E-state index in [0.717, 1.165) is 6.42 Å². The van der Waals surface area contributed by atoms with Crippen molar-refractivity contribution in [1.29, 1.82) is 0 Å². The molecular weight excluding hydrogens is 456 g/mol. The highest BCUT2D eigenvalue weighted by Gasteiger charge is 2.70. The molecule has 0 aliphatic heterocycles. The molecule has 0 bridgehead atoms. The Hall–Kier alpha value is -1.79. The molecule has 0 spiro atoms. The lowest BCUT2D eigenvalue weighted by atomic mass is 9.42. The van der Waals surface area contributed by atoms with Gasteiger partial charge in [0.15, 0.2) is 5.78 Å². The smallest absolute Gasteiger partial charge is 0.330 e. The number of aliphatic hydroxyl groups is 2. The van der Waals surface area contributed by atoms with Crippen LogP contribution in [0.4, 0.5) is 0 Å². The minimum absolute atomic E-state index is 0.0196. The van der Waals surface area contributed by atoms with Crippen molar-refractivity contribution in [2.45, 2.75) is 106 Å². The second-order valence-electron chi connectivity index (χ2n) is 13.5. The average Bonchev–Trinajstić information content (AvgIpc) is 2.99. The molecule has 0 saturated heterocycles. The van der Waals surface area contributed by atoms with E-state index in [1.54, 1.807) is 13.0 Å². The fraction of sp³-hybridized carbons (Fsp3) is 0.767. The molecule has 0 heterocycles. The third-order valence-corrected chi connectivity index (χ3v) is 11.5. The molecular formula is C30H44O6. The summed E-state index contributed by atoms with van der Waals surface area (Å²) in [5.41, 5.74) is -0.762. The maximum Gasteiger partial charge on any atom is 0.330 e. The normalized spacial score (nSPS) is 43.1. The van der Waals surface area contributed by atoms with Crippen molar-refractivity contribution < 1.29 is 29.7 Å². The zero-order valence-electron chi connectivity index (χ0n) is 23.0. The number of hydrogen-bond donors (Lipinski definition) is 3. The van der Waals surface area contributed by atoms with Crippen LogP contribution in [-0.2, 0) is 14.4 Å². The van der Waals surface area contributed by atoms with Gasteiger partial charge in [0.2, 0.25) is 0 Å². The molecule has 0 aromatic carbocycles. The number of hydrogen-bond acceptors (Lipinski definition) is 5. The van der Waals surface area contributed by atoms with Gasteiger partial charge in [-0.05, 0) is 85.5 Å². The summed E-state index contributed by atoms with van der Waals surface area (Å²) in [6.45, 7) is 13.9. The Bertz CT molecular complexity index is 1050. The second kappa shape index (κ2) is 8.62. The van der Waals surface area contributed by atoms with Gasteiger partial charge in [-0.15, -0.1) is 0 Å². The fourth-order valence-corrected chi connectivity index (χ4v) is 8.95. The van der Waals surface area contributed by atoms with Gasteiger partial charge < -0.3 is 15.3 Å². The van der Waals surface area contributed by atoms with E-state index >= 15 is 0 Å². The molecule has 4 aliphatic carbocycles. The van der Waals surface area contributed by atoms with Crippen LogP contribution in [0.1, 0.15) is 93.4 Å². The molecule has 0 amide bonds. The van der Waals surface area contributed by atoms with Crippen LogP contribution in [0.2, 0.25) is 0 Å². The molecule has 8 atom stereocenters. The summed E-state index contributed by atoms with van der Waals surface area (Å²) in [6, 6.07) is 0. The molecule has 6 nitrogen and oxygen atoms in total. The van der Waals surface area contributed by atoms with Crippen molar-refractivity contribution in [3.8, 4) is 0 Å². The van der Waals surface area contributed by atoms with Crippen LogP contribution in [0.15, 0.2) is 22.8 Å². The Morgan fingerprint density at radius 3 is 2.39 bits per heavy atom. The minimum atomic E-state index is -0.924. The maximum atomic E-state index is 14.1. The summed E-state index contributed by atoms with van der Waals surface area (Å²) in [4.78, 5) is 39.1. The quantitative estimate of drug-likeness (QED) is 0.464. The number of rotatable bonds is 5. The van der Waals surface area contributed by atoms with E-state index < -0.39 is 39.8 Å². The van der Waals surface area contributed by atoms with Gasteiger partial charge in [-0.1, -0.05) is 40.7 Å². The van der Waals surface area contributed by atoms with Crippen LogP contribution in [0.25, 0.3) is 0 Å². The van der Waals surface area contributed by atoms with Crippen LogP contribution in [-0.4, -0.2) is 45.1 Å². The first-order valence-electron chi connectivity index (χ1n) is 13.6. The summed E-state index contributed by atoms with van der Waals surface area (Å²) in [7, 11) is 0. The lowest BCUT2D eigenvalue weighted by Gasteiger charge is -2.61. The van der Waals surface area contributed by atoms with Crippen LogP contribution < -0.4 is 0 Å². The van der Waals surface area contributed by atoms with Crippen LogP contribution in [0.3, 0.4) is 0 Å². The number of fused-ring (bicyclic) bond motifs is 4. The lowest BCUT2D eigenvalue weighted by Crippen LogP contribution is -2.60. The van der Waals surface area contributed by atoms with Gasteiger partial charge in [0.05, 0.1) is 17.6 Å². The van der Waals surface area contributed by atoms with Gasteiger partial charge in [-0.3, -0.25) is 9.59 Å². The molecule has 2 fully saturated rings. The van der Waals surface area contributed by atoms with E-state index in [1.807, 2.05) is 20.8 Å². The third kappa shape index (κ3) is 3.53. The highest BCUT2D eigenvalue weighted by atomic mass is 16.4. The van der Waals surface area contributed by atoms with Crippen LogP contribution in [0.5, 0.6) is 0 Å². The molecule has 36 heavy (non-hydrogen) atoms. The van der Waals surface area contributed by atoms with Crippen molar-refractivity contribution in [2.75, 3.05) is 0 Å². The topological polar surface area (TPSA) is 112 Å². The van der Waals surface area contributed by atoms with Crippen molar-refractivity contribution in [3.05, 3.63) is 22.8 Å². The minimum Gasteiger partial charge on any atom is -0.478 e. The van der Waals surface area contributed by atoms with Gasteiger partial charge >= 0.3 is 5.97 Å². The van der Waals surface area contributed by atoms with Crippen molar-refractivity contribution in [2.24, 2.45) is 39.4 Å². The van der Waals surface area contributed by atoms with Crippen LogP contribution in [0, 0.1) is 39.4 Å². The molecule has 4 aliphatic rings. The van der Waals surface area contributed by atoms with Crippen molar-refractivity contribution in [3.63, 3.8) is 0 Å². The van der Waals surface area contributed by atoms with E-state index in [2.05, 4.69) is 20.8 Å². The Balaban J connectivity index is 1.76. The van der Waals surface area contributed by atoms with Gasteiger partial charge in [0.1, 0.15) is 5.78 Å². The molecule has 0 aromatic rings. The number of carbonyl (C=O) groups excluding carboxylic acids is 2. The van der Waals surface area contributed by atoms with Crippen LogP contribution >= 0.6 is 0 Å². The number of allylic oxidation sites excluding steroid dienone is 2. The zero-order chi connectivity index (χ0) is 27.0. The van der Waals surface area contributed by atoms with Crippen molar-refractivity contribution >= 4 is 17.5 Å². The lowest BCUT2D eigenvalue weighted by molar-refractivity contribution is -0.142. The standard InChI is InChI=1S/C30H44O6/c1-16(9-8-10-17(2)26(35)36)18-13-23(34)30(7)25-19(31)14-21-27(3,4)22(33)11-12-28(21,5)24(25)20(32)15-29(18,30)6/h10,16,18-19,21-22,31,33H,8-9,11-15H2,1-7H3,(H,35,36)/b17-10+. The Morgan fingerprint density at radius 1 is 1.14 bits per heavy atom. The first-order chi connectivity index (χ1) is 16.5. The summed E-state index contributed by atoms with van der Waals surface area (Å²) < 4.78 is 0. The summed E-state index contributed by atoms with van der Waals surface area (Å²) in [5, 5.41) is 31.5. The largest absolute Gasteiger partial charge is 0.478 e. The molecule has 0 radical (unpaired) electrons.